The van der Waals surface area contributed by atoms with Crippen molar-refractivity contribution in [2.24, 2.45) is 17.6 Å². The maximum atomic E-state index is 12.9. The Morgan fingerprint density at radius 3 is 2.30 bits per heavy atom. The largest absolute Gasteiger partial charge is 0.508 e. The average molecular weight is 559 g/mol. The molecule has 0 saturated heterocycles. The number of anilines is 1. The molecule has 0 spiro atoms. The van der Waals surface area contributed by atoms with Crippen LogP contribution in [0.3, 0.4) is 0 Å². The van der Waals surface area contributed by atoms with Crippen LogP contribution in [-0.4, -0.2) is 61.9 Å². The number of nitrogens with two attached hydrogens (primary N) is 1. The minimum Gasteiger partial charge on any atom is -0.508 e. The number of hydrogen-bond acceptors (Lipinski definition) is 8. The van der Waals surface area contributed by atoms with Crippen molar-refractivity contribution < 1.29 is 38.7 Å². The van der Waals surface area contributed by atoms with Crippen LogP contribution in [0.4, 0.5) is 10.5 Å². The van der Waals surface area contributed by atoms with E-state index in [4.69, 9.17) is 24.7 Å². The number of fused-ring (bicyclic) bond motifs is 2. The number of allylic oxidation sites excluding steroid dienone is 2. The third-order valence-corrected chi connectivity index (χ3v) is 6.96. The number of amides is 2. The molecule has 0 aliphatic carbocycles. The van der Waals surface area contributed by atoms with Crippen LogP contribution >= 0.6 is 0 Å². The zero-order valence-corrected chi connectivity index (χ0v) is 24.5. The van der Waals surface area contributed by atoms with Crippen LogP contribution in [0.2, 0.25) is 0 Å². The molecule has 2 amide bonds. The van der Waals surface area contributed by atoms with Gasteiger partial charge in [0.25, 0.3) is 5.91 Å². The Labute approximate surface area is 236 Å². The van der Waals surface area contributed by atoms with Gasteiger partial charge in [0.2, 0.25) is 0 Å². The Morgan fingerprint density at radius 2 is 1.73 bits per heavy atom. The predicted molar refractivity (Wildman–Crippen MR) is 154 cm³/mol. The fraction of sp³-hybridized carbons (Fsp3) is 0.467. The fourth-order valence-corrected chi connectivity index (χ4v) is 4.95. The van der Waals surface area contributed by atoms with Crippen LogP contribution in [0.5, 0.6) is 11.5 Å². The molecule has 10 heteroatoms. The lowest BCUT2D eigenvalue weighted by Crippen LogP contribution is -2.36. The molecule has 0 unspecified atom stereocenters. The highest BCUT2D eigenvalue weighted by Gasteiger charge is 2.30. The van der Waals surface area contributed by atoms with Gasteiger partial charge in [0.15, 0.2) is 0 Å². The molecule has 1 aliphatic heterocycles. The van der Waals surface area contributed by atoms with Crippen LogP contribution in [0.1, 0.15) is 46.6 Å². The zero-order chi connectivity index (χ0) is 30.1. The van der Waals surface area contributed by atoms with Crippen LogP contribution < -0.4 is 11.1 Å². The van der Waals surface area contributed by atoms with Gasteiger partial charge >= 0.3 is 6.09 Å². The summed E-state index contributed by atoms with van der Waals surface area (Å²) in [6, 6.07) is 2.62. The van der Waals surface area contributed by atoms with Crippen molar-refractivity contribution in [3.05, 3.63) is 58.7 Å². The number of primary amides is 1. The van der Waals surface area contributed by atoms with E-state index < -0.39 is 30.3 Å². The van der Waals surface area contributed by atoms with Gasteiger partial charge in [0.1, 0.15) is 23.4 Å². The number of phenolic OH excluding ortho intramolecular Hbond substituents is 2. The number of nitrogens with one attached hydrogen (secondary N) is 1. The number of benzene rings is 1. The highest BCUT2D eigenvalue weighted by Crippen LogP contribution is 2.39. The first kappa shape index (κ1) is 32.5. The number of rotatable bonds is 4. The topological polar surface area (TPSA) is 150 Å². The van der Waals surface area contributed by atoms with Crippen molar-refractivity contribution in [3.63, 3.8) is 0 Å². The monoisotopic (exact) mass is 558 g/mol. The van der Waals surface area contributed by atoms with E-state index in [0.29, 0.717) is 23.3 Å². The number of aromatic hydroxyl groups is 2. The van der Waals surface area contributed by atoms with E-state index in [1.54, 1.807) is 39.4 Å². The second-order valence-corrected chi connectivity index (χ2v) is 10.1. The normalized spacial score (nSPS) is 25.1. The molecule has 1 aromatic rings. The molecule has 0 saturated carbocycles. The highest BCUT2D eigenvalue weighted by molar-refractivity contribution is 6.04. The first-order valence-electron chi connectivity index (χ1n) is 13.0. The lowest BCUT2D eigenvalue weighted by atomic mass is 9.89. The molecule has 2 rings (SSSR count). The summed E-state index contributed by atoms with van der Waals surface area (Å²) in [7, 11) is 4.63. The number of phenols is 2. The van der Waals surface area contributed by atoms with Gasteiger partial charge in [0, 0.05) is 44.1 Å². The first-order valence-corrected chi connectivity index (χ1v) is 13.0. The molecule has 1 aliphatic rings. The van der Waals surface area contributed by atoms with Gasteiger partial charge in [-0.15, -0.1) is 0 Å². The molecule has 2 bridgehead atoms. The van der Waals surface area contributed by atoms with Crippen molar-refractivity contribution in [3.8, 4) is 11.5 Å². The summed E-state index contributed by atoms with van der Waals surface area (Å²) in [6.45, 7) is 9.14. The van der Waals surface area contributed by atoms with Crippen molar-refractivity contribution >= 4 is 23.4 Å². The van der Waals surface area contributed by atoms with Crippen LogP contribution in [0, 0.1) is 11.8 Å². The smallest absolute Gasteiger partial charge is 0.405 e. The maximum Gasteiger partial charge on any atom is 0.405 e. The number of methoxy groups -OCH3 is 3. The Bertz CT molecular complexity index is 1200. The van der Waals surface area contributed by atoms with Crippen molar-refractivity contribution in [2.75, 3.05) is 26.6 Å². The molecule has 40 heavy (non-hydrogen) atoms. The summed E-state index contributed by atoms with van der Waals surface area (Å²) in [5, 5.41) is 24.1. The SMILES string of the molecule is COC1=C(C)C[C@H](OC)[C@H](OC)[C@@H](C)C=C(C)[C@H](OC(N)=O)[C@H](C)C=CC=C(C)C(=O)Nc2cc(O)cc1c2O. The predicted octanol–water partition coefficient (Wildman–Crippen LogP) is 5.03. The minimum absolute atomic E-state index is 0.0202. The van der Waals surface area contributed by atoms with Crippen LogP contribution in [0.25, 0.3) is 5.76 Å². The summed E-state index contributed by atoms with van der Waals surface area (Å²) < 4.78 is 22.8. The van der Waals surface area contributed by atoms with Gasteiger partial charge < -0.3 is 40.2 Å². The minimum atomic E-state index is -0.897. The highest BCUT2D eigenvalue weighted by atomic mass is 16.6. The van der Waals surface area contributed by atoms with Gasteiger partial charge in [-0.2, -0.15) is 0 Å². The van der Waals surface area contributed by atoms with Crippen molar-refractivity contribution in [2.45, 2.75) is 59.4 Å². The van der Waals surface area contributed by atoms with E-state index in [2.05, 4.69) is 5.32 Å². The summed E-state index contributed by atoms with van der Waals surface area (Å²) in [6.07, 6.45) is 5.01. The second kappa shape index (κ2) is 14.6. The Hall–Kier alpha value is -3.76. The third-order valence-electron chi connectivity index (χ3n) is 6.96. The maximum absolute atomic E-state index is 12.9. The molecule has 1 aromatic carbocycles. The van der Waals surface area contributed by atoms with Gasteiger partial charge in [-0.1, -0.05) is 38.2 Å². The van der Waals surface area contributed by atoms with Gasteiger partial charge in [-0.25, -0.2) is 4.79 Å². The molecule has 0 aromatic heterocycles. The van der Waals surface area contributed by atoms with E-state index in [1.165, 1.54) is 19.2 Å². The van der Waals surface area contributed by atoms with E-state index in [9.17, 15) is 19.8 Å². The van der Waals surface area contributed by atoms with Crippen LogP contribution in [0.15, 0.2) is 53.2 Å². The summed E-state index contributed by atoms with van der Waals surface area (Å²) in [4.78, 5) is 24.6. The fourth-order valence-electron chi connectivity index (χ4n) is 4.95. The average Bonchev–Trinajstić information content (AvgIpc) is 2.88. The molecule has 0 fully saturated rings. The van der Waals surface area contributed by atoms with Crippen LogP contribution in [-0.2, 0) is 23.7 Å². The van der Waals surface area contributed by atoms with Crippen molar-refractivity contribution in [1.82, 2.24) is 0 Å². The number of ether oxygens (including phenoxy) is 4. The molecule has 5 N–H and O–H groups in total. The van der Waals surface area contributed by atoms with Gasteiger partial charge in [0.05, 0.1) is 30.6 Å². The van der Waals surface area contributed by atoms with Crippen molar-refractivity contribution in [1.29, 1.82) is 0 Å². The molecule has 10 nitrogen and oxygen atoms in total. The molecule has 5 atom stereocenters. The van der Waals surface area contributed by atoms with E-state index >= 15 is 0 Å². The summed E-state index contributed by atoms with van der Waals surface area (Å²) in [5.74, 6) is -1.05. The molecule has 1 heterocycles. The van der Waals surface area contributed by atoms with E-state index in [0.717, 1.165) is 5.57 Å². The molecular weight excluding hydrogens is 516 g/mol. The first-order chi connectivity index (χ1) is 18.8. The second-order valence-electron chi connectivity index (χ2n) is 10.1. The van der Waals surface area contributed by atoms with E-state index in [-0.39, 0.29) is 34.6 Å². The third kappa shape index (κ3) is 8.12. The Kier molecular flexibility index (Phi) is 11.8. The van der Waals surface area contributed by atoms with Gasteiger partial charge in [-0.3, -0.25) is 4.79 Å². The lowest BCUT2D eigenvalue weighted by molar-refractivity contribution is -0.112. The molecule has 0 radical (unpaired) electrons. The lowest BCUT2D eigenvalue weighted by Gasteiger charge is -2.30. The quantitative estimate of drug-likeness (QED) is 0.228. The number of hydrogen-bond donors (Lipinski definition) is 4. The zero-order valence-electron chi connectivity index (χ0n) is 24.5. The number of carbonyl (C=O) groups is 2. The Morgan fingerprint density at radius 1 is 1.05 bits per heavy atom. The van der Waals surface area contributed by atoms with Gasteiger partial charge in [-0.05, 0) is 38.0 Å². The molecular formula is C30H42N2O8. The number of carbonyl (C=O) groups excluding carboxylic acids is 2. The summed E-state index contributed by atoms with van der Waals surface area (Å²) >= 11 is 0. The van der Waals surface area contributed by atoms with E-state index in [1.807, 2.05) is 33.8 Å². The standard InChI is InChI=1S/C30H42N2O8/c1-16-10-9-11-17(2)29(35)32-23-15-21(33)14-22(25(23)34)27(38-7)20(5)13-24(37-6)28(39-8)19(4)12-18(3)26(16)40-30(31)36/h9-12,14-16,19,24,26,28,33-34H,13H2,1-8H3,(H2,31,36)(H,32,35)/t16-,19+,24+,26-,28-/m1/s1. The summed E-state index contributed by atoms with van der Waals surface area (Å²) in [5.41, 5.74) is 7.44. The molecule has 220 valence electrons. The Balaban J connectivity index is 2.75.